The van der Waals surface area contributed by atoms with E-state index in [1.807, 2.05) is 0 Å². The highest BCUT2D eigenvalue weighted by Gasteiger charge is 2.03. The zero-order valence-electron chi connectivity index (χ0n) is 9.64. The highest BCUT2D eigenvalue weighted by atomic mass is 79.9. The molecule has 0 fully saturated rings. The van der Waals surface area contributed by atoms with Crippen LogP contribution in [0.5, 0.6) is 5.75 Å². The molecule has 2 rings (SSSR count). The number of hydrogen-bond acceptors (Lipinski definition) is 3. The molecule has 2 aromatic rings. The lowest BCUT2D eigenvalue weighted by Gasteiger charge is -2.06. The topological polar surface area (TPSA) is 49.0 Å². The van der Waals surface area contributed by atoms with Gasteiger partial charge in [0.2, 0.25) is 0 Å². The lowest BCUT2D eigenvalue weighted by molar-refractivity contribution is 0.287. The van der Waals surface area contributed by atoms with E-state index in [0.29, 0.717) is 16.8 Å². The maximum atomic E-state index is 13.1. The van der Waals surface area contributed by atoms with Gasteiger partial charge in [0.15, 0.2) is 0 Å². The van der Waals surface area contributed by atoms with Crippen LogP contribution in [0.1, 0.15) is 0 Å². The summed E-state index contributed by atoms with van der Waals surface area (Å²) in [6, 6.07) is 4.28. The van der Waals surface area contributed by atoms with Gasteiger partial charge in [-0.25, -0.2) is 13.9 Å². The number of hydrogen-bond donors (Lipinski definition) is 0. The van der Waals surface area contributed by atoms with Gasteiger partial charge in [-0.1, -0.05) is 15.9 Å². The van der Waals surface area contributed by atoms with Gasteiger partial charge in [0.05, 0.1) is 6.54 Å². The SMILES string of the molecule is Cn1cnn(CCOc2cc(F)cc(Br)c2)c1=O. The van der Waals surface area contributed by atoms with Gasteiger partial charge in [-0.15, -0.1) is 0 Å². The molecule has 0 atom stereocenters. The molecule has 0 aliphatic carbocycles. The van der Waals surface area contributed by atoms with E-state index in [1.54, 1.807) is 13.1 Å². The Morgan fingerprint density at radius 1 is 1.44 bits per heavy atom. The predicted molar refractivity (Wildman–Crippen MR) is 67.1 cm³/mol. The summed E-state index contributed by atoms with van der Waals surface area (Å²) in [4.78, 5) is 11.5. The van der Waals surface area contributed by atoms with Crippen LogP contribution in [0.25, 0.3) is 0 Å². The van der Waals surface area contributed by atoms with Crippen LogP contribution in [-0.2, 0) is 13.6 Å². The summed E-state index contributed by atoms with van der Waals surface area (Å²) in [5.41, 5.74) is -0.209. The minimum Gasteiger partial charge on any atom is -0.492 e. The van der Waals surface area contributed by atoms with Crippen molar-refractivity contribution in [3.8, 4) is 5.75 Å². The van der Waals surface area contributed by atoms with Crippen LogP contribution in [0.3, 0.4) is 0 Å². The van der Waals surface area contributed by atoms with Crippen molar-refractivity contribution >= 4 is 15.9 Å². The molecule has 0 aliphatic heterocycles. The number of halogens is 2. The summed E-state index contributed by atoms with van der Waals surface area (Å²) >= 11 is 3.17. The van der Waals surface area contributed by atoms with Crippen LogP contribution in [0.2, 0.25) is 0 Å². The molecule has 7 heteroatoms. The minimum absolute atomic E-state index is 0.209. The Labute approximate surface area is 111 Å². The summed E-state index contributed by atoms with van der Waals surface area (Å²) in [5, 5.41) is 3.89. The zero-order valence-corrected chi connectivity index (χ0v) is 11.2. The Morgan fingerprint density at radius 3 is 2.83 bits per heavy atom. The van der Waals surface area contributed by atoms with E-state index in [1.165, 1.54) is 27.7 Å². The predicted octanol–water partition coefficient (Wildman–Crippen LogP) is 1.56. The molecule has 0 spiro atoms. The first kappa shape index (κ1) is 12.8. The maximum Gasteiger partial charge on any atom is 0.345 e. The molecule has 0 N–H and O–H groups in total. The number of rotatable bonds is 4. The van der Waals surface area contributed by atoms with E-state index >= 15 is 0 Å². The molecule has 0 unspecified atom stereocenters. The van der Waals surface area contributed by atoms with Crippen LogP contribution in [0.4, 0.5) is 4.39 Å². The smallest absolute Gasteiger partial charge is 0.345 e. The molecule has 1 aromatic heterocycles. The zero-order chi connectivity index (χ0) is 13.1. The molecule has 0 saturated heterocycles. The molecule has 5 nitrogen and oxygen atoms in total. The summed E-state index contributed by atoms with van der Waals surface area (Å²) in [5.74, 6) is 0.0280. The first-order valence-electron chi connectivity index (χ1n) is 5.23. The molecule has 0 bridgehead atoms. The van der Waals surface area contributed by atoms with Crippen LogP contribution >= 0.6 is 15.9 Å². The normalized spacial score (nSPS) is 10.6. The van der Waals surface area contributed by atoms with Crippen molar-refractivity contribution in [2.24, 2.45) is 7.05 Å². The molecular weight excluding hydrogens is 305 g/mol. The number of benzene rings is 1. The number of aromatic nitrogens is 3. The van der Waals surface area contributed by atoms with E-state index in [0.717, 1.165) is 0 Å². The van der Waals surface area contributed by atoms with Crippen LogP contribution in [0, 0.1) is 5.82 Å². The Morgan fingerprint density at radius 2 is 2.22 bits per heavy atom. The Kier molecular flexibility index (Phi) is 3.81. The number of ether oxygens (including phenoxy) is 1. The quantitative estimate of drug-likeness (QED) is 0.860. The van der Waals surface area contributed by atoms with E-state index in [2.05, 4.69) is 21.0 Å². The first-order chi connectivity index (χ1) is 8.56. The van der Waals surface area contributed by atoms with Crippen molar-refractivity contribution in [3.05, 3.63) is 45.3 Å². The molecule has 0 saturated carbocycles. The monoisotopic (exact) mass is 315 g/mol. The average Bonchev–Trinajstić information content (AvgIpc) is 2.59. The lowest BCUT2D eigenvalue weighted by atomic mass is 10.3. The molecule has 18 heavy (non-hydrogen) atoms. The second-order valence-electron chi connectivity index (χ2n) is 3.70. The van der Waals surface area contributed by atoms with E-state index in [9.17, 15) is 9.18 Å². The summed E-state index contributed by atoms with van der Waals surface area (Å²) in [7, 11) is 1.62. The Bertz CT molecular complexity index is 588. The fraction of sp³-hybridized carbons (Fsp3) is 0.273. The largest absolute Gasteiger partial charge is 0.492 e. The van der Waals surface area contributed by atoms with Gasteiger partial charge >= 0.3 is 5.69 Å². The lowest BCUT2D eigenvalue weighted by Crippen LogP contribution is -2.25. The van der Waals surface area contributed by atoms with Gasteiger partial charge < -0.3 is 4.74 Å². The van der Waals surface area contributed by atoms with Crippen molar-refractivity contribution in [2.75, 3.05) is 6.61 Å². The van der Waals surface area contributed by atoms with Crippen LogP contribution in [0.15, 0.2) is 33.8 Å². The molecule has 96 valence electrons. The first-order valence-corrected chi connectivity index (χ1v) is 6.03. The fourth-order valence-corrected chi connectivity index (χ4v) is 1.88. The Hall–Kier alpha value is -1.63. The Balaban J connectivity index is 1.96. The highest BCUT2D eigenvalue weighted by Crippen LogP contribution is 2.20. The second kappa shape index (κ2) is 5.34. The van der Waals surface area contributed by atoms with E-state index in [4.69, 9.17) is 4.74 Å². The third-order valence-corrected chi connectivity index (χ3v) is 2.75. The van der Waals surface area contributed by atoms with Gasteiger partial charge in [0.25, 0.3) is 0 Å². The summed E-state index contributed by atoms with van der Waals surface area (Å²) in [6.07, 6.45) is 1.43. The van der Waals surface area contributed by atoms with Crippen LogP contribution < -0.4 is 10.4 Å². The third kappa shape index (κ3) is 2.98. The van der Waals surface area contributed by atoms with Crippen LogP contribution in [-0.4, -0.2) is 21.0 Å². The van der Waals surface area contributed by atoms with Crippen molar-refractivity contribution in [3.63, 3.8) is 0 Å². The minimum atomic E-state index is -0.380. The maximum absolute atomic E-state index is 13.1. The van der Waals surface area contributed by atoms with E-state index < -0.39 is 0 Å². The van der Waals surface area contributed by atoms with Gasteiger partial charge in [0, 0.05) is 17.6 Å². The molecule has 0 amide bonds. The number of nitrogens with zero attached hydrogens (tertiary/aromatic N) is 3. The van der Waals surface area contributed by atoms with Crippen molar-refractivity contribution in [2.45, 2.75) is 6.54 Å². The van der Waals surface area contributed by atoms with Crippen molar-refractivity contribution in [1.29, 1.82) is 0 Å². The fourth-order valence-electron chi connectivity index (χ4n) is 1.44. The summed E-state index contributed by atoms with van der Waals surface area (Å²) < 4.78 is 21.7. The highest BCUT2D eigenvalue weighted by molar-refractivity contribution is 9.10. The summed E-state index contributed by atoms with van der Waals surface area (Å²) in [6.45, 7) is 0.556. The average molecular weight is 316 g/mol. The molecule has 1 heterocycles. The second-order valence-corrected chi connectivity index (χ2v) is 4.62. The molecular formula is C11H11BrFN3O2. The van der Waals surface area contributed by atoms with Gasteiger partial charge in [-0.3, -0.25) is 4.57 Å². The van der Waals surface area contributed by atoms with Gasteiger partial charge in [0.1, 0.15) is 24.5 Å². The van der Waals surface area contributed by atoms with Crippen molar-refractivity contribution < 1.29 is 9.13 Å². The molecule has 0 aliphatic rings. The van der Waals surface area contributed by atoms with Gasteiger partial charge in [-0.2, -0.15) is 5.10 Å². The standard InChI is InChI=1S/C11H11BrFN3O2/c1-15-7-14-16(11(15)17)2-3-18-10-5-8(12)4-9(13)6-10/h4-7H,2-3H2,1H3. The van der Waals surface area contributed by atoms with Crippen molar-refractivity contribution in [1.82, 2.24) is 14.3 Å². The van der Waals surface area contributed by atoms with E-state index in [-0.39, 0.29) is 18.1 Å². The number of aryl methyl sites for hydroxylation is 1. The van der Waals surface area contributed by atoms with Gasteiger partial charge in [-0.05, 0) is 12.1 Å². The molecule has 0 radical (unpaired) electrons. The third-order valence-electron chi connectivity index (χ3n) is 2.29. The molecule has 1 aromatic carbocycles.